The Morgan fingerprint density at radius 3 is 2.67 bits per heavy atom. The summed E-state index contributed by atoms with van der Waals surface area (Å²) in [6.45, 7) is 4.60. The van der Waals surface area contributed by atoms with E-state index in [-0.39, 0.29) is 0 Å². The van der Waals surface area contributed by atoms with E-state index in [1.807, 2.05) is 12.3 Å². The van der Waals surface area contributed by atoms with Crippen molar-refractivity contribution in [3.05, 3.63) is 6.07 Å². The molecule has 4 N–H and O–H groups in total. The highest BCUT2D eigenvalue weighted by atomic mass is 32.2. The van der Waals surface area contributed by atoms with Crippen LogP contribution in [0.2, 0.25) is 0 Å². The number of hydrogen-bond donors (Lipinski definition) is 3. The molecule has 2 rings (SSSR count). The molecule has 1 aromatic rings. The average molecular weight is 267 g/mol. The van der Waals surface area contributed by atoms with Gasteiger partial charge >= 0.3 is 0 Å². The molecule has 1 fully saturated rings. The maximum absolute atomic E-state index is 5.43. The molecule has 0 amide bonds. The molecule has 1 heterocycles. The summed E-state index contributed by atoms with van der Waals surface area (Å²) in [4.78, 5) is 8.73. The molecule has 1 atom stereocenters. The predicted molar refractivity (Wildman–Crippen MR) is 76.7 cm³/mol. The van der Waals surface area contributed by atoms with E-state index in [0.717, 1.165) is 11.0 Å². The summed E-state index contributed by atoms with van der Waals surface area (Å²) in [6, 6.07) is 2.32. The SMILES string of the molecule is CSc1nc(NN)cc(NC2CCCC2(C)C)n1. The minimum atomic E-state index is 0.320. The number of nitrogen functional groups attached to an aromatic ring is 1. The van der Waals surface area contributed by atoms with Gasteiger partial charge in [-0.05, 0) is 24.5 Å². The second kappa shape index (κ2) is 5.32. The molecule has 1 aromatic heterocycles. The van der Waals surface area contributed by atoms with Crippen molar-refractivity contribution in [2.45, 2.75) is 44.3 Å². The quantitative estimate of drug-likeness (QED) is 0.337. The number of hydrazine groups is 1. The van der Waals surface area contributed by atoms with Crippen LogP contribution in [0.15, 0.2) is 11.2 Å². The lowest BCUT2D eigenvalue weighted by Crippen LogP contribution is -2.31. The normalized spacial score (nSPS) is 21.9. The van der Waals surface area contributed by atoms with Crippen LogP contribution in [0.5, 0.6) is 0 Å². The van der Waals surface area contributed by atoms with Gasteiger partial charge < -0.3 is 10.7 Å². The van der Waals surface area contributed by atoms with Gasteiger partial charge in [-0.25, -0.2) is 15.8 Å². The Morgan fingerprint density at radius 2 is 2.11 bits per heavy atom. The topological polar surface area (TPSA) is 75.9 Å². The third kappa shape index (κ3) is 2.87. The number of nitrogens with zero attached hydrogens (tertiary/aromatic N) is 2. The zero-order chi connectivity index (χ0) is 13.2. The zero-order valence-electron chi connectivity index (χ0n) is 11.2. The molecule has 1 saturated carbocycles. The van der Waals surface area contributed by atoms with Crippen LogP contribution in [0.1, 0.15) is 33.1 Å². The predicted octanol–water partition coefficient (Wildman–Crippen LogP) is 2.47. The molecular formula is C12H21N5S. The van der Waals surface area contributed by atoms with Gasteiger partial charge in [0.15, 0.2) is 5.16 Å². The summed E-state index contributed by atoms with van der Waals surface area (Å²) in [7, 11) is 0. The van der Waals surface area contributed by atoms with Crippen molar-refractivity contribution < 1.29 is 0 Å². The van der Waals surface area contributed by atoms with Crippen LogP contribution in [-0.2, 0) is 0 Å². The van der Waals surface area contributed by atoms with Crippen LogP contribution < -0.4 is 16.6 Å². The lowest BCUT2D eigenvalue weighted by atomic mass is 9.87. The largest absolute Gasteiger partial charge is 0.367 e. The number of hydrogen-bond acceptors (Lipinski definition) is 6. The van der Waals surface area contributed by atoms with Gasteiger partial charge in [0.2, 0.25) is 0 Å². The van der Waals surface area contributed by atoms with Crippen LogP contribution in [0.25, 0.3) is 0 Å². The Morgan fingerprint density at radius 1 is 1.39 bits per heavy atom. The van der Waals surface area contributed by atoms with Crippen LogP contribution in [0.3, 0.4) is 0 Å². The highest BCUT2D eigenvalue weighted by Gasteiger charge is 2.34. The van der Waals surface area contributed by atoms with Crippen LogP contribution in [0, 0.1) is 5.41 Å². The standard InChI is InChI=1S/C12H21N5S/c1-12(2)6-4-5-8(12)14-9-7-10(17-13)16-11(15-9)18-3/h7-8H,4-6,13H2,1-3H3,(H2,14,15,16,17). The minimum absolute atomic E-state index is 0.320. The second-order valence-electron chi connectivity index (χ2n) is 5.35. The van der Waals surface area contributed by atoms with Crippen LogP contribution >= 0.6 is 11.8 Å². The van der Waals surface area contributed by atoms with E-state index < -0.39 is 0 Å². The fourth-order valence-electron chi connectivity index (χ4n) is 2.44. The number of anilines is 2. The second-order valence-corrected chi connectivity index (χ2v) is 6.12. The molecule has 100 valence electrons. The summed E-state index contributed by atoms with van der Waals surface area (Å²) in [5.41, 5.74) is 2.90. The van der Waals surface area contributed by atoms with Gasteiger partial charge in [0.05, 0.1) is 0 Å². The summed E-state index contributed by atoms with van der Waals surface area (Å²) in [5.74, 6) is 6.92. The molecule has 6 heteroatoms. The minimum Gasteiger partial charge on any atom is -0.367 e. The zero-order valence-corrected chi connectivity index (χ0v) is 12.0. The van der Waals surface area contributed by atoms with E-state index in [0.29, 0.717) is 17.3 Å². The van der Waals surface area contributed by atoms with E-state index in [2.05, 4.69) is 34.6 Å². The lowest BCUT2D eigenvalue weighted by molar-refractivity contribution is 0.349. The lowest BCUT2D eigenvalue weighted by Gasteiger charge is -2.28. The average Bonchev–Trinajstić information content (AvgIpc) is 2.68. The van der Waals surface area contributed by atoms with Gasteiger partial charge in [0, 0.05) is 12.1 Å². The first-order valence-corrected chi connectivity index (χ1v) is 7.44. The number of nitrogens with two attached hydrogens (primary N) is 1. The van der Waals surface area contributed by atoms with Crippen molar-refractivity contribution in [3.8, 4) is 0 Å². The van der Waals surface area contributed by atoms with Crippen molar-refractivity contribution in [2.75, 3.05) is 17.0 Å². The Bertz CT molecular complexity index is 399. The molecule has 0 aromatic carbocycles. The first kappa shape index (κ1) is 13.4. The number of rotatable bonds is 4. The Kier molecular flexibility index (Phi) is 3.97. The van der Waals surface area contributed by atoms with E-state index in [4.69, 9.17) is 5.84 Å². The van der Waals surface area contributed by atoms with Gasteiger partial charge in [0.25, 0.3) is 0 Å². The fraction of sp³-hybridized carbons (Fsp3) is 0.667. The summed E-state index contributed by atoms with van der Waals surface area (Å²) >= 11 is 1.51. The third-order valence-corrected chi connectivity index (χ3v) is 4.16. The van der Waals surface area contributed by atoms with Crippen LogP contribution in [-0.4, -0.2) is 22.3 Å². The van der Waals surface area contributed by atoms with E-state index in [9.17, 15) is 0 Å². The molecule has 18 heavy (non-hydrogen) atoms. The smallest absolute Gasteiger partial charge is 0.191 e. The molecule has 1 aliphatic rings. The third-order valence-electron chi connectivity index (χ3n) is 3.62. The van der Waals surface area contributed by atoms with Crippen molar-refractivity contribution >= 4 is 23.4 Å². The van der Waals surface area contributed by atoms with Crippen molar-refractivity contribution in [1.29, 1.82) is 0 Å². The van der Waals surface area contributed by atoms with Crippen LogP contribution in [0.4, 0.5) is 11.6 Å². The highest BCUT2D eigenvalue weighted by molar-refractivity contribution is 7.98. The van der Waals surface area contributed by atoms with Gasteiger partial charge in [-0.15, -0.1) is 0 Å². The molecular weight excluding hydrogens is 246 g/mol. The Balaban J connectivity index is 2.18. The summed E-state index contributed by atoms with van der Waals surface area (Å²) < 4.78 is 0. The summed E-state index contributed by atoms with van der Waals surface area (Å²) in [6.07, 6.45) is 5.68. The molecule has 0 spiro atoms. The first-order chi connectivity index (χ1) is 8.55. The number of aromatic nitrogens is 2. The first-order valence-electron chi connectivity index (χ1n) is 6.21. The van der Waals surface area contributed by atoms with E-state index >= 15 is 0 Å². The number of nitrogens with one attached hydrogen (secondary N) is 2. The molecule has 1 unspecified atom stereocenters. The molecule has 0 radical (unpaired) electrons. The van der Waals surface area contributed by atoms with Gasteiger partial charge in [0.1, 0.15) is 11.6 Å². The van der Waals surface area contributed by atoms with Crippen molar-refractivity contribution in [2.24, 2.45) is 11.3 Å². The van der Waals surface area contributed by atoms with Gasteiger partial charge in [-0.1, -0.05) is 32.0 Å². The van der Waals surface area contributed by atoms with Crippen molar-refractivity contribution in [3.63, 3.8) is 0 Å². The van der Waals surface area contributed by atoms with Gasteiger partial charge in [-0.2, -0.15) is 0 Å². The maximum Gasteiger partial charge on any atom is 0.191 e. The Hall–Kier alpha value is -1.01. The molecule has 1 aliphatic carbocycles. The molecule has 0 aliphatic heterocycles. The summed E-state index contributed by atoms with van der Waals surface area (Å²) in [5, 5.41) is 4.25. The molecule has 0 saturated heterocycles. The van der Waals surface area contributed by atoms with E-state index in [1.54, 1.807) is 0 Å². The molecule has 5 nitrogen and oxygen atoms in total. The van der Waals surface area contributed by atoms with E-state index in [1.165, 1.54) is 31.0 Å². The number of thioether (sulfide) groups is 1. The highest BCUT2D eigenvalue weighted by Crippen LogP contribution is 2.39. The maximum atomic E-state index is 5.43. The fourth-order valence-corrected chi connectivity index (χ4v) is 2.82. The van der Waals surface area contributed by atoms with Gasteiger partial charge in [-0.3, -0.25) is 0 Å². The van der Waals surface area contributed by atoms with Crippen molar-refractivity contribution in [1.82, 2.24) is 9.97 Å². The monoisotopic (exact) mass is 267 g/mol. The Labute approximate surface area is 112 Å². The molecule has 0 bridgehead atoms.